The lowest BCUT2D eigenvalue weighted by Gasteiger charge is -2.10. The summed E-state index contributed by atoms with van der Waals surface area (Å²) in [6.07, 6.45) is 0.828. The number of hydrogen-bond donors (Lipinski definition) is 0. The highest BCUT2D eigenvalue weighted by Crippen LogP contribution is 2.31. The van der Waals surface area contributed by atoms with E-state index in [0.717, 1.165) is 33.4 Å². The zero-order valence-corrected chi connectivity index (χ0v) is 9.89. The Morgan fingerprint density at radius 1 is 0.889 bits per heavy atom. The second-order valence-corrected chi connectivity index (χ2v) is 4.34. The van der Waals surface area contributed by atoms with Gasteiger partial charge in [0, 0.05) is 5.57 Å². The lowest BCUT2D eigenvalue weighted by molar-refractivity contribution is -0.103. The van der Waals surface area contributed by atoms with E-state index in [1.807, 2.05) is 36.4 Å². The number of rotatable bonds is 2. The molecule has 0 saturated carbocycles. The van der Waals surface area contributed by atoms with Gasteiger partial charge in [-0.05, 0) is 33.2 Å². The molecule has 0 aliphatic carbocycles. The zero-order valence-electron chi connectivity index (χ0n) is 9.89. The van der Waals surface area contributed by atoms with Crippen LogP contribution in [0, 0.1) is 0 Å². The van der Waals surface area contributed by atoms with Crippen molar-refractivity contribution >= 4 is 33.4 Å². The molecule has 0 radical (unpaired) electrons. The number of hydrogen-bond acceptors (Lipinski definition) is 1. The van der Waals surface area contributed by atoms with E-state index >= 15 is 0 Å². The van der Waals surface area contributed by atoms with Crippen LogP contribution in [0.2, 0.25) is 0 Å². The van der Waals surface area contributed by atoms with Crippen molar-refractivity contribution in [2.45, 2.75) is 0 Å². The van der Waals surface area contributed by atoms with Gasteiger partial charge in [-0.15, -0.1) is 0 Å². The van der Waals surface area contributed by atoms with Gasteiger partial charge in [-0.1, -0.05) is 55.1 Å². The molecule has 18 heavy (non-hydrogen) atoms. The quantitative estimate of drug-likeness (QED) is 0.367. The molecule has 0 N–H and O–H groups in total. The summed E-state index contributed by atoms with van der Waals surface area (Å²) >= 11 is 0. The SMILES string of the molecule is C=C(C=O)c1c2ccccc2cc2ccccc12. The first kappa shape index (κ1) is 10.7. The molecule has 0 atom stereocenters. The van der Waals surface area contributed by atoms with Crippen LogP contribution in [0.15, 0.2) is 61.2 Å². The van der Waals surface area contributed by atoms with Crippen molar-refractivity contribution in [2.24, 2.45) is 0 Å². The highest BCUT2D eigenvalue weighted by molar-refractivity contribution is 6.19. The third kappa shape index (κ3) is 1.52. The molecule has 0 unspecified atom stereocenters. The fourth-order valence-electron chi connectivity index (χ4n) is 2.42. The lowest BCUT2D eigenvalue weighted by atomic mass is 9.93. The molecule has 3 rings (SSSR count). The first-order chi connectivity index (χ1) is 8.81. The van der Waals surface area contributed by atoms with Crippen molar-refractivity contribution in [3.63, 3.8) is 0 Å². The lowest BCUT2D eigenvalue weighted by Crippen LogP contribution is -1.89. The number of carbonyl (C=O) groups excluding carboxylic acids is 1. The normalized spacial score (nSPS) is 10.7. The number of allylic oxidation sites excluding steroid dienone is 1. The predicted molar refractivity (Wildman–Crippen MR) is 76.6 cm³/mol. The van der Waals surface area contributed by atoms with Crippen molar-refractivity contribution in [1.82, 2.24) is 0 Å². The van der Waals surface area contributed by atoms with Crippen LogP contribution in [-0.2, 0) is 4.79 Å². The number of benzene rings is 3. The van der Waals surface area contributed by atoms with Crippen LogP contribution >= 0.6 is 0 Å². The van der Waals surface area contributed by atoms with E-state index in [1.54, 1.807) is 0 Å². The van der Waals surface area contributed by atoms with Crippen LogP contribution < -0.4 is 0 Å². The number of carbonyl (C=O) groups is 1. The summed E-state index contributed by atoms with van der Waals surface area (Å²) in [6, 6.07) is 18.3. The first-order valence-corrected chi connectivity index (χ1v) is 5.86. The Morgan fingerprint density at radius 3 is 1.89 bits per heavy atom. The summed E-state index contributed by atoms with van der Waals surface area (Å²) in [5.74, 6) is 0. The van der Waals surface area contributed by atoms with E-state index in [0.29, 0.717) is 5.57 Å². The average molecular weight is 232 g/mol. The molecular formula is C17H12O. The van der Waals surface area contributed by atoms with Gasteiger partial charge in [-0.25, -0.2) is 0 Å². The topological polar surface area (TPSA) is 17.1 Å². The third-order valence-electron chi connectivity index (χ3n) is 3.23. The fourth-order valence-corrected chi connectivity index (χ4v) is 2.42. The Kier molecular flexibility index (Phi) is 2.45. The third-order valence-corrected chi connectivity index (χ3v) is 3.23. The summed E-state index contributed by atoms with van der Waals surface area (Å²) in [5.41, 5.74) is 1.47. The molecule has 1 nitrogen and oxygen atoms in total. The van der Waals surface area contributed by atoms with Crippen LogP contribution in [0.4, 0.5) is 0 Å². The van der Waals surface area contributed by atoms with Gasteiger partial charge >= 0.3 is 0 Å². The van der Waals surface area contributed by atoms with Gasteiger partial charge in [0.25, 0.3) is 0 Å². The van der Waals surface area contributed by atoms with Gasteiger partial charge < -0.3 is 0 Å². The molecule has 0 aliphatic heterocycles. The molecule has 0 aromatic heterocycles. The largest absolute Gasteiger partial charge is 0.298 e. The monoisotopic (exact) mass is 232 g/mol. The molecule has 0 saturated heterocycles. The van der Waals surface area contributed by atoms with Crippen molar-refractivity contribution in [3.8, 4) is 0 Å². The van der Waals surface area contributed by atoms with Gasteiger partial charge in [-0.3, -0.25) is 4.79 Å². The molecule has 0 bridgehead atoms. The number of fused-ring (bicyclic) bond motifs is 2. The summed E-state index contributed by atoms with van der Waals surface area (Å²) in [5, 5.41) is 4.42. The van der Waals surface area contributed by atoms with Gasteiger partial charge in [0.2, 0.25) is 0 Å². The molecule has 0 fully saturated rings. The Morgan fingerprint density at radius 2 is 1.39 bits per heavy atom. The maximum atomic E-state index is 11.1. The highest BCUT2D eigenvalue weighted by atomic mass is 16.1. The van der Waals surface area contributed by atoms with Crippen LogP contribution in [0.25, 0.3) is 27.1 Å². The summed E-state index contributed by atoms with van der Waals surface area (Å²) < 4.78 is 0. The van der Waals surface area contributed by atoms with Gasteiger partial charge in [0.05, 0.1) is 0 Å². The molecular weight excluding hydrogens is 220 g/mol. The Balaban J connectivity index is 2.57. The zero-order chi connectivity index (χ0) is 12.5. The highest BCUT2D eigenvalue weighted by Gasteiger charge is 2.09. The van der Waals surface area contributed by atoms with Crippen LogP contribution in [0.5, 0.6) is 0 Å². The maximum Gasteiger partial charge on any atom is 0.150 e. The van der Waals surface area contributed by atoms with E-state index in [4.69, 9.17) is 0 Å². The summed E-state index contributed by atoms with van der Waals surface area (Å²) in [6.45, 7) is 3.88. The second-order valence-electron chi connectivity index (χ2n) is 4.34. The van der Waals surface area contributed by atoms with Crippen LogP contribution in [0.1, 0.15) is 5.56 Å². The van der Waals surface area contributed by atoms with Crippen molar-refractivity contribution < 1.29 is 4.79 Å². The molecule has 0 amide bonds. The smallest absolute Gasteiger partial charge is 0.150 e. The van der Waals surface area contributed by atoms with E-state index in [2.05, 4.69) is 24.8 Å². The molecule has 3 aromatic carbocycles. The average Bonchev–Trinajstić information content (AvgIpc) is 2.44. The second kappa shape index (κ2) is 4.11. The molecule has 0 spiro atoms. The Bertz CT molecular complexity index is 715. The molecule has 1 heteroatoms. The van der Waals surface area contributed by atoms with Crippen molar-refractivity contribution in [2.75, 3.05) is 0 Å². The van der Waals surface area contributed by atoms with Gasteiger partial charge in [-0.2, -0.15) is 0 Å². The van der Waals surface area contributed by atoms with E-state index in [9.17, 15) is 4.79 Å². The minimum atomic E-state index is 0.531. The van der Waals surface area contributed by atoms with E-state index in [1.165, 1.54) is 0 Å². The minimum absolute atomic E-state index is 0.531. The first-order valence-electron chi connectivity index (χ1n) is 5.86. The molecule has 0 aliphatic rings. The van der Waals surface area contributed by atoms with E-state index < -0.39 is 0 Å². The van der Waals surface area contributed by atoms with E-state index in [-0.39, 0.29) is 0 Å². The van der Waals surface area contributed by atoms with Crippen LogP contribution in [0.3, 0.4) is 0 Å². The van der Waals surface area contributed by atoms with Crippen molar-refractivity contribution in [1.29, 1.82) is 0 Å². The number of aldehydes is 1. The molecule has 86 valence electrons. The minimum Gasteiger partial charge on any atom is -0.298 e. The Labute approximate surface area is 105 Å². The van der Waals surface area contributed by atoms with Crippen molar-refractivity contribution in [3.05, 3.63) is 66.7 Å². The van der Waals surface area contributed by atoms with Gasteiger partial charge in [0.1, 0.15) is 6.29 Å². The predicted octanol–water partition coefficient (Wildman–Crippen LogP) is 4.21. The standard InChI is InChI=1S/C17H12O/c1-12(11-18)17-15-8-4-2-6-13(15)10-14-7-3-5-9-16(14)17/h2-11H,1H2. The van der Waals surface area contributed by atoms with Crippen LogP contribution in [-0.4, -0.2) is 6.29 Å². The summed E-state index contributed by atoms with van der Waals surface area (Å²) in [7, 11) is 0. The Hall–Kier alpha value is -2.41. The molecule has 3 aromatic rings. The summed E-state index contributed by atoms with van der Waals surface area (Å²) in [4.78, 5) is 11.1. The van der Waals surface area contributed by atoms with Gasteiger partial charge in [0.15, 0.2) is 0 Å². The fraction of sp³-hybridized carbons (Fsp3) is 0. The molecule has 0 heterocycles. The maximum absolute atomic E-state index is 11.1.